The number of nitrogens with one attached hydrogen (secondary N) is 3. The number of carbonyl (C=O) groups is 3. The normalized spacial score (nSPS) is 20.3. The molecule has 2 aliphatic rings. The highest BCUT2D eigenvalue weighted by Gasteiger charge is 2.42. The Balaban J connectivity index is 1.58. The Labute approximate surface area is 179 Å². The Morgan fingerprint density at radius 2 is 1.97 bits per heavy atom. The molecule has 1 aromatic heterocycles. The lowest BCUT2D eigenvalue weighted by Crippen LogP contribution is -2.63. The number of nitrogen functional groups attached to an aromatic ring is 1. The molecule has 0 aromatic carbocycles. The Bertz CT molecular complexity index is 805. The minimum absolute atomic E-state index is 0.00374. The predicted molar refractivity (Wildman–Crippen MR) is 113 cm³/mol. The minimum atomic E-state index is -0.998. The molecule has 2 fully saturated rings. The first-order valence-electron chi connectivity index (χ1n) is 10.3. The number of nitrogens with zero attached hydrogens (tertiary/aromatic N) is 1. The van der Waals surface area contributed by atoms with Crippen molar-refractivity contribution in [2.75, 3.05) is 13.1 Å². The highest BCUT2D eigenvalue weighted by atomic mass is 32.1. The molecule has 164 valence electrons. The number of hydrogen-bond donors (Lipinski definition) is 5. The van der Waals surface area contributed by atoms with Crippen molar-refractivity contribution in [3.05, 3.63) is 21.9 Å². The van der Waals surface area contributed by atoms with Crippen molar-refractivity contribution in [3.63, 3.8) is 0 Å². The molecule has 10 heteroatoms. The fourth-order valence-electron chi connectivity index (χ4n) is 4.13. The number of hydrogen-bond acceptors (Lipinski definition) is 6. The van der Waals surface area contributed by atoms with E-state index in [0.29, 0.717) is 24.4 Å². The molecule has 3 rings (SSSR count). The lowest BCUT2D eigenvalue weighted by atomic mass is 9.82. The predicted octanol–water partition coefficient (Wildman–Crippen LogP) is 0.872. The number of likely N-dealkylation sites (tertiary alicyclic amines) is 1. The van der Waals surface area contributed by atoms with Crippen LogP contribution in [0.5, 0.6) is 0 Å². The number of carboxylic acids is 1. The van der Waals surface area contributed by atoms with E-state index in [-0.39, 0.29) is 30.1 Å². The van der Waals surface area contributed by atoms with Crippen molar-refractivity contribution >= 4 is 35.0 Å². The standard InChI is InChI=1S/C20H29N5O4S/c21-18(22)15-7-6-13(30-15)10-24-19(28)14-8-9-25(14)20(29)17(23-11-16(26)27)12-4-2-1-3-5-12/h6-7,12,14,17,23H,1-5,8-11H2,(H3,21,22)(H,24,28)(H,26,27). The van der Waals surface area contributed by atoms with Crippen molar-refractivity contribution in [1.29, 1.82) is 5.41 Å². The van der Waals surface area contributed by atoms with Gasteiger partial charge in [-0.1, -0.05) is 19.3 Å². The van der Waals surface area contributed by atoms with E-state index >= 15 is 0 Å². The Morgan fingerprint density at radius 3 is 2.53 bits per heavy atom. The lowest BCUT2D eigenvalue weighted by molar-refractivity contribution is -0.150. The summed E-state index contributed by atoms with van der Waals surface area (Å²) in [7, 11) is 0. The van der Waals surface area contributed by atoms with E-state index < -0.39 is 18.1 Å². The van der Waals surface area contributed by atoms with Gasteiger partial charge in [0.25, 0.3) is 0 Å². The van der Waals surface area contributed by atoms with Gasteiger partial charge in [-0.2, -0.15) is 0 Å². The van der Waals surface area contributed by atoms with Crippen LogP contribution in [0.4, 0.5) is 0 Å². The first kappa shape index (κ1) is 22.2. The molecule has 2 atom stereocenters. The molecule has 1 saturated carbocycles. The van der Waals surface area contributed by atoms with Crippen LogP contribution < -0.4 is 16.4 Å². The van der Waals surface area contributed by atoms with Gasteiger partial charge < -0.3 is 21.1 Å². The number of aliphatic carboxylic acids is 1. The van der Waals surface area contributed by atoms with Crippen LogP contribution in [0.15, 0.2) is 12.1 Å². The van der Waals surface area contributed by atoms with Gasteiger partial charge in [-0.05, 0) is 37.3 Å². The smallest absolute Gasteiger partial charge is 0.317 e. The summed E-state index contributed by atoms with van der Waals surface area (Å²) in [5.74, 6) is -1.29. The molecule has 1 aliphatic heterocycles. The maximum atomic E-state index is 13.2. The monoisotopic (exact) mass is 435 g/mol. The van der Waals surface area contributed by atoms with E-state index in [0.717, 1.165) is 37.0 Å². The molecule has 9 nitrogen and oxygen atoms in total. The first-order valence-corrected chi connectivity index (χ1v) is 11.1. The largest absolute Gasteiger partial charge is 0.480 e. The molecule has 1 saturated heterocycles. The van der Waals surface area contributed by atoms with Crippen LogP contribution in [-0.2, 0) is 20.9 Å². The molecule has 0 spiro atoms. The molecule has 2 unspecified atom stereocenters. The van der Waals surface area contributed by atoms with E-state index in [9.17, 15) is 14.4 Å². The van der Waals surface area contributed by atoms with Gasteiger partial charge >= 0.3 is 5.97 Å². The molecule has 2 heterocycles. The lowest BCUT2D eigenvalue weighted by Gasteiger charge is -2.43. The van der Waals surface area contributed by atoms with Gasteiger partial charge in [0.1, 0.15) is 11.9 Å². The summed E-state index contributed by atoms with van der Waals surface area (Å²) in [6.45, 7) is 0.551. The zero-order valence-corrected chi connectivity index (χ0v) is 17.7. The number of amides is 2. The third-order valence-electron chi connectivity index (χ3n) is 5.83. The van der Waals surface area contributed by atoms with Gasteiger partial charge in [0, 0.05) is 11.4 Å². The SMILES string of the molecule is N=C(N)c1ccc(CNC(=O)C2CCN2C(=O)C(NCC(=O)O)C2CCCCC2)s1. The third kappa shape index (κ3) is 5.37. The number of amidine groups is 1. The maximum Gasteiger partial charge on any atom is 0.317 e. The van der Waals surface area contributed by atoms with Crippen LogP contribution in [0.2, 0.25) is 0 Å². The first-order chi connectivity index (χ1) is 14.4. The van der Waals surface area contributed by atoms with Crippen molar-refractivity contribution in [1.82, 2.24) is 15.5 Å². The molecule has 0 bridgehead atoms. The van der Waals surface area contributed by atoms with E-state index in [4.69, 9.17) is 16.2 Å². The van der Waals surface area contributed by atoms with Gasteiger partial charge in [0.15, 0.2) is 0 Å². The molecule has 2 amide bonds. The number of carboxylic acid groups (broad SMARTS) is 1. The van der Waals surface area contributed by atoms with E-state index in [1.165, 1.54) is 11.3 Å². The van der Waals surface area contributed by atoms with Gasteiger partial charge in [0.05, 0.1) is 24.0 Å². The summed E-state index contributed by atoms with van der Waals surface area (Å²) in [6, 6.07) is 2.48. The number of carbonyl (C=O) groups excluding carboxylic acids is 2. The van der Waals surface area contributed by atoms with Crippen LogP contribution in [0.1, 0.15) is 48.3 Å². The summed E-state index contributed by atoms with van der Waals surface area (Å²) in [5.41, 5.74) is 5.47. The van der Waals surface area contributed by atoms with E-state index in [2.05, 4.69) is 10.6 Å². The van der Waals surface area contributed by atoms with Crippen LogP contribution in [0.3, 0.4) is 0 Å². The van der Waals surface area contributed by atoms with Crippen LogP contribution in [0.25, 0.3) is 0 Å². The molecular weight excluding hydrogens is 406 g/mol. The van der Waals surface area contributed by atoms with E-state index in [1.807, 2.05) is 6.07 Å². The van der Waals surface area contributed by atoms with Crippen LogP contribution in [-0.4, -0.2) is 58.8 Å². The summed E-state index contributed by atoms with van der Waals surface area (Å²) in [5, 5.41) is 22.3. The Kier molecular flexibility index (Phi) is 7.43. The average Bonchev–Trinajstić information content (AvgIpc) is 3.16. The second kappa shape index (κ2) is 10.0. The van der Waals surface area contributed by atoms with Crippen molar-refractivity contribution < 1.29 is 19.5 Å². The van der Waals surface area contributed by atoms with Crippen LogP contribution >= 0.6 is 11.3 Å². The molecular formula is C20H29N5O4S. The Morgan fingerprint density at radius 1 is 1.23 bits per heavy atom. The summed E-state index contributed by atoms with van der Waals surface area (Å²) in [4.78, 5) is 39.9. The molecule has 30 heavy (non-hydrogen) atoms. The number of thiophene rings is 1. The van der Waals surface area contributed by atoms with Gasteiger partial charge in [0.2, 0.25) is 11.8 Å². The minimum Gasteiger partial charge on any atom is -0.480 e. The third-order valence-corrected chi connectivity index (χ3v) is 6.95. The summed E-state index contributed by atoms with van der Waals surface area (Å²) < 4.78 is 0. The molecule has 0 radical (unpaired) electrons. The van der Waals surface area contributed by atoms with Crippen molar-refractivity contribution in [2.45, 2.75) is 57.2 Å². The zero-order valence-electron chi connectivity index (χ0n) is 16.9. The highest BCUT2D eigenvalue weighted by Crippen LogP contribution is 2.29. The van der Waals surface area contributed by atoms with Crippen molar-refractivity contribution in [2.24, 2.45) is 11.7 Å². The molecule has 1 aliphatic carbocycles. The fourth-order valence-corrected chi connectivity index (χ4v) is 4.94. The maximum absolute atomic E-state index is 13.2. The highest BCUT2D eigenvalue weighted by molar-refractivity contribution is 7.14. The van der Waals surface area contributed by atoms with E-state index in [1.54, 1.807) is 11.0 Å². The summed E-state index contributed by atoms with van der Waals surface area (Å²) >= 11 is 1.35. The van der Waals surface area contributed by atoms with Gasteiger partial charge in [-0.25, -0.2) is 0 Å². The van der Waals surface area contributed by atoms with Gasteiger partial charge in [-0.15, -0.1) is 11.3 Å². The quantitative estimate of drug-likeness (QED) is 0.287. The molecule has 6 N–H and O–H groups in total. The summed E-state index contributed by atoms with van der Waals surface area (Å²) in [6.07, 6.45) is 5.59. The van der Waals surface area contributed by atoms with Crippen LogP contribution in [0, 0.1) is 11.3 Å². The topological polar surface area (TPSA) is 149 Å². The fraction of sp³-hybridized carbons (Fsp3) is 0.600. The second-order valence-corrected chi connectivity index (χ2v) is 9.05. The average molecular weight is 436 g/mol. The van der Waals surface area contributed by atoms with Crippen molar-refractivity contribution in [3.8, 4) is 0 Å². The molecule has 1 aromatic rings. The second-order valence-electron chi connectivity index (χ2n) is 7.88. The number of rotatable bonds is 9. The zero-order chi connectivity index (χ0) is 21.7. The number of nitrogens with two attached hydrogens (primary N) is 1. The Hall–Kier alpha value is -2.46. The van der Waals surface area contributed by atoms with Gasteiger partial charge in [-0.3, -0.25) is 25.1 Å².